The largest absolute Gasteiger partial charge is 0.293 e. The van der Waals surface area contributed by atoms with Crippen LogP contribution in [0.1, 0.15) is 0 Å². The lowest BCUT2D eigenvalue weighted by molar-refractivity contribution is 0.385. The highest BCUT2D eigenvalue weighted by Crippen LogP contribution is 2.21. The molecule has 0 bridgehead atoms. The van der Waals surface area contributed by atoms with E-state index in [1.165, 1.54) is 17.0 Å². The Labute approximate surface area is 70.8 Å². The maximum Gasteiger partial charge on any atom is 0.176 e. The Bertz CT molecular complexity index is 289. The third-order valence-electron chi connectivity index (χ3n) is 1.10. The van der Waals surface area contributed by atoms with Gasteiger partial charge in [0.2, 0.25) is 0 Å². The molecule has 0 rings (SSSR count). The first-order chi connectivity index (χ1) is 5.32. The zero-order valence-electron chi connectivity index (χ0n) is 6.43. The highest BCUT2D eigenvalue weighted by Gasteiger charge is 2.30. The molecule has 5 N–H and O–H groups in total. The van der Waals surface area contributed by atoms with Crippen molar-refractivity contribution >= 4 is 9.81 Å². The predicted octanol–water partition coefficient (Wildman–Crippen LogP) is 0.387. The molecule has 0 aliphatic rings. The van der Waals surface area contributed by atoms with E-state index in [0.29, 0.717) is 0 Å². The number of hydrogen-bond acceptors (Lipinski definition) is 2. The van der Waals surface area contributed by atoms with E-state index in [1.807, 2.05) is 0 Å². The zero-order valence-corrected chi connectivity index (χ0v) is 7.25. The third kappa shape index (κ3) is 2.68. The first kappa shape index (κ1) is 11.2. The predicted molar refractivity (Wildman–Crippen MR) is 49.2 cm³/mol. The average Bonchev–Trinajstić information content (AvgIpc) is 1.99. The van der Waals surface area contributed by atoms with Gasteiger partial charge < -0.3 is 0 Å². The minimum absolute atomic E-state index is 0.422. The standard InChI is InChI=1S/C6H12N2O3S/c1-3-4-5-6(2)12(9,10,11)8-7/h3-5H,1-2,7H2,(H3,8,9,10,11)/b5-4-. The molecule has 6 heteroatoms. The number of rotatable bonds is 4. The molecule has 12 heavy (non-hydrogen) atoms. The number of allylic oxidation sites excluding steroid dienone is 3. The van der Waals surface area contributed by atoms with Crippen LogP contribution in [0.3, 0.4) is 0 Å². The topological polar surface area (TPSA) is 95.6 Å². The van der Waals surface area contributed by atoms with Gasteiger partial charge in [-0.25, -0.2) is 4.21 Å². The van der Waals surface area contributed by atoms with Crippen LogP contribution < -0.4 is 10.7 Å². The van der Waals surface area contributed by atoms with Gasteiger partial charge in [-0.3, -0.25) is 14.9 Å². The van der Waals surface area contributed by atoms with Crippen LogP contribution in [-0.2, 0) is 9.81 Å². The first-order valence-electron chi connectivity index (χ1n) is 2.95. The van der Waals surface area contributed by atoms with Crippen molar-refractivity contribution in [2.45, 2.75) is 0 Å². The van der Waals surface area contributed by atoms with Crippen molar-refractivity contribution in [2.24, 2.45) is 5.84 Å². The summed E-state index contributed by atoms with van der Waals surface area (Å²) in [5, 5.41) is 0. The fourth-order valence-corrected chi connectivity index (χ4v) is 0.849. The van der Waals surface area contributed by atoms with Crippen molar-refractivity contribution in [3.05, 3.63) is 36.3 Å². The summed E-state index contributed by atoms with van der Waals surface area (Å²) in [5.74, 6) is 4.68. The Hall–Kier alpha value is -0.790. The van der Waals surface area contributed by atoms with Crippen LogP contribution >= 0.6 is 0 Å². The Kier molecular flexibility index (Phi) is 3.08. The molecule has 0 saturated carbocycles. The Morgan fingerprint density at radius 3 is 2.42 bits per heavy atom. The molecule has 0 unspecified atom stereocenters. The summed E-state index contributed by atoms with van der Waals surface area (Å²) in [7, 11) is -5.09. The SMILES string of the molecule is C=C/C=C\C(=C)S(=O)(O)(O)NN. The van der Waals surface area contributed by atoms with Crippen LogP contribution in [-0.4, -0.2) is 13.3 Å². The van der Waals surface area contributed by atoms with E-state index in [2.05, 4.69) is 19.0 Å². The van der Waals surface area contributed by atoms with E-state index in [-0.39, 0.29) is 0 Å². The molecule has 0 saturated heterocycles. The normalized spacial score (nSPS) is 15.4. The Balaban J connectivity index is 4.82. The van der Waals surface area contributed by atoms with Gasteiger partial charge in [-0.15, -0.1) is 0 Å². The van der Waals surface area contributed by atoms with Crippen LogP contribution in [0.2, 0.25) is 0 Å². The fourth-order valence-electron chi connectivity index (χ4n) is 0.374. The van der Waals surface area contributed by atoms with Gasteiger partial charge in [0.1, 0.15) is 0 Å². The zero-order chi connectivity index (χ0) is 9.85. The van der Waals surface area contributed by atoms with Crippen molar-refractivity contribution in [3.63, 3.8) is 0 Å². The smallest absolute Gasteiger partial charge is 0.176 e. The third-order valence-corrected chi connectivity index (χ3v) is 2.61. The number of hydrazine groups is 1. The molecule has 0 aromatic rings. The van der Waals surface area contributed by atoms with Gasteiger partial charge in [-0.2, -0.15) is 4.83 Å². The van der Waals surface area contributed by atoms with Crippen molar-refractivity contribution in [1.29, 1.82) is 0 Å². The van der Waals surface area contributed by atoms with Crippen molar-refractivity contribution < 1.29 is 13.3 Å². The second-order valence-electron chi connectivity index (χ2n) is 2.04. The van der Waals surface area contributed by atoms with Crippen molar-refractivity contribution in [2.75, 3.05) is 0 Å². The molecule has 0 spiro atoms. The number of hydrogen-bond donors (Lipinski definition) is 4. The first-order valence-corrected chi connectivity index (χ1v) is 4.83. The van der Waals surface area contributed by atoms with Crippen LogP contribution in [0, 0.1) is 0 Å². The number of nitrogens with one attached hydrogen (secondary N) is 1. The molecule has 0 radical (unpaired) electrons. The van der Waals surface area contributed by atoms with E-state index in [9.17, 15) is 4.21 Å². The molecule has 0 aliphatic carbocycles. The summed E-state index contributed by atoms with van der Waals surface area (Å²) in [6.07, 6.45) is 3.84. The molecule has 70 valence electrons. The van der Waals surface area contributed by atoms with E-state index in [4.69, 9.17) is 9.11 Å². The summed E-state index contributed by atoms with van der Waals surface area (Å²) in [6, 6.07) is 0. The number of nitrogens with two attached hydrogens (primary N) is 1. The molecule has 5 nitrogen and oxygen atoms in total. The highest BCUT2D eigenvalue weighted by molar-refractivity contribution is 8.12. The van der Waals surface area contributed by atoms with Gasteiger partial charge >= 0.3 is 0 Å². The minimum Gasteiger partial charge on any atom is -0.293 e. The molecule has 0 aliphatic heterocycles. The van der Waals surface area contributed by atoms with Crippen LogP contribution in [0.25, 0.3) is 0 Å². The van der Waals surface area contributed by atoms with E-state index in [1.54, 1.807) is 0 Å². The van der Waals surface area contributed by atoms with Crippen molar-refractivity contribution in [1.82, 2.24) is 4.83 Å². The van der Waals surface area contributed by atoms with Crippen LogP contribution in [0.15, 0.2) is 36.3 Å². The summed E-state index contributed by atoms with van der Waals surface area (Å²) < 4.78 is 29.0. The second kappa shape index (κ2) is 3.30. The fraction of sp³-hybridized carbons (Fsp3) is 0. The van der Waals surface area contributed by atoms with Crippen LogP contribution in [0.5, 0.6) is 0 Å². The summed E-state index contributed by atoms with van der Waals surface area (Å²) in [6.45, 7) is 6.50. The second-order valence-corrected chi connectivity index (χ2v) is 4.53. The quantitative estimate of drug-likeness (QED) is 0.294. The van der Waals surface area contributed by atoms with Gasteiger partial charge in [0, 0.05) is 0 Å². The summed E-state index contributed by atoms with van der Waals surface area (Å²) in [5.41, 5.74) is 0. The Morgan fingerprint density at radius 2 is 2.08 bits per heavy atom. The van der Waals surface area contributed by atoms with E-state index < -0.39 is 14.7 Å². The minimum atomic E-state index is -5.09. The average molecular weight is 192 g/mol. The summed E-state index contributed by atoms with van der Waals surface area (Å²) >= 11 is 0. The maximum atomic E-state index is 11.1. The molecule has 0 amide bonds. The molecular weight excluding hydrogens is 180 g/mol. The molecule has 0 heterocycles. The van der Waals surface area contributed by atoms with E-state index >= 15 is 0 Å². The molecule has 0 fully saturated rings. The molecule has 0 atom stereocenters. The maximum absolute atomic E-state index is 11.1. The molecule has 0 aromatic carbocycles. The lowest BCUT2D eigenvalue weighted by Gasteiger charge is -2.29. The highest BCUT2D eigenvalue weighted by atomic mass is 32.3. The molecule has 0 aromatic heterocycles. The monoisotopic (exact) mass is 192 g/mol. The van der Waals surface area contributed by atoms with Crippen LogP contribution in [0.4, 0.5) is 0 Å². The van der Waals surface area contributed by atoms with Gasteiger partial charge in [-0.05, 0) is 6.08 Å². The Morgan fingerprint density at radius 1 is 1.58 bits per heavy atom. The molecular formula is C6H12N2O3S. The summed E-state index contributed by atoms with van der Waals surface area (Å²) in [4.78, 5) is 0.983. The van der Waals surface area contributed by atoms with Gasteiger partial charge in [0.05, 0.1) is 4.91 Å². The van der Waals surface area contributed by atoms with Gasteiger partial charge in [-0.1, -0.05) is 25.3 Å². The lowest BCUT2D eigenvalue weighted by atomic mass is 10.5. The van der Waals surface area contributed by atoms with Crippen molar-refractivity contribution in [3.8, 4) is 0 Å². The lowest BCUT2D eigenvalue weighted by Crippen LogP contribution is -2.51. The van der Waals surface area contributed by atoms with E-state index in [0.717, 1.165) is 6.08 Å². The van der Waals surface area contributed by atoms with Gasteiger partial charge in [0.25, 0.3) is 0 Å². The van der Waals surface area contributed by atoms with Gasteiger partial charge in [0.15, 0.2) is 9.81 Å².